The molecule has 11 heavy (non-hydrogen) atoms. The number of hydrogen-bond acceptors (Lipinski definition) is 1. The Balaban J connectivity index is 0. The zero-order valence-corrected chi connectivity index (χ0v) is 9.85. The molecule has 4 heteroatoms. The molecule has 1 unspecified atom stereocenters. The molecule has 0 saturated heterocycles. The van der Waals surface area contributed by atoms with Gasteiger partial charge in [0.25, 0.3) is 0 Å². The molecule has 0 amide bonds. The molecule has 0 rings (SSSR count). The van der Waals surface area contributed by atoms with Crippen molar-refractivity contribution in [2.24, 2.45) is 0 Å². The first-order valence-electron chi connectivity index (χ1n) is 3.91. The Kier molecular flexibility index (Phi) is 14.0. The summed E-state index contributed by atoms with van der Waals surface area (Å²) in [7, 11) is -1.87. The molecule has 0 aliphatic carbocycles. The van der Waals surface area contributed by atoms with Gasteiger partial charge in [-0.15, -0.1) is 0 Å². The van der Waals surface area contributed by atoms with Crippen LogP contribution in [0, 0.1) is 0 Å². The van der Waals surface area contributed by atoms with Crippen LogP contribution in [-0.2, 0) is 25.6 Å². The molecular formula is C7H16MoO2P+. The Labute approximate surface area is 83.9 Å². The monoisotopic (exact) mass is 261 g/mol. The van der Waals surface area contributed by atoms with Crippen molar-refractivity contribution >= 4 is 8.03 Å². The van der Waals surface area contributed by atoms with Crippen LogP contribution in [0.3, 0.4) is 0 Å². The van der Waals surface area contributed by atoms with E-state index in [1.807, 2.05) is 0 Å². The maximum absolute atomic E-state index is 10.2. The quantitative estimate of drug-likeness (QED) is 0.452. The molecule has 0 heterocycles. The minimum absolute atomic E-state index is 0. The van der Waals surface area contributed by atoms with E-state index >= 15 is 0 Å². The zero-order valence-electron chi connectivity index (χ0n) is 6.95. The van der Waals surface area contributed by atoms with Gasteiger partial charge in [-0.2, -0.15) is 4.89 Å². The summed E-state index contributed by atoms with van der Waals surface area (Å²) in [6.07, 6.45) is 6.19. The average Bonchev–Trinajstić information content (AvgIpc) is 1.87. The Morgan fingerprint density at radius 2 is 1.73 bits per heavy atom. The Morgan fingerprint density at radius 1 is 1.18 bits per heavy atom. The van der Waals surface area contributed by atoms with Crippen molar-refractivity contribution in [1.29, 1.82) is 0 Å². The number of rotatable bonds is 6. The second-order valence-electron chi connectivity index (χ2n) is 2.49. The maximum atomic E-state index is 10.2. The van der Waals surface area contributed by atoms with Crippen molar-refractivity contribution in [3.63, 3.8) is 0 Å². The van der Waals surface area contributed by atoms with Gasteiger partial charge in [0, 0.05) is 21.1 Å². The molecule has 0 aliphatic rings. The molecule has 0 spiro atoms. The fourth-order valence-electron chi connectivity index (χ4n) is 0.851. The SMILES string of the molecule is CCCCCCC[P+](=O)O.[Mo]. The summed E-state index contributed by atoms with van der Waals surface area (Å²) in [6.45, 7) is 2.16. The van der Waals surface area contributed by atoms with E-state index in [9.17, 15) is 4.57 Å². The Hall–Kier alpha value is 0.748. The summed E-state index contributed by atoms with van der Waals surface area (Å²) in [5.41, 5.74) is 0. The summed E-state index contributed by atoms with van der Waals surface area (Å²) < 4.78 is 10.2. The van der Waals surface area contributed by atoms with Gasteiger partial charge in [0.2, 0.25) is 0 Å². The van der Waals surface area contributed by atoms with E-state index < -0.39 is 8.03 Å². The largest absolute Gasteiger partial charge is 0.505 e. The Morgan fingerprint density at radius 3 is 2.18 bits per heavy atom. The third kappa shape index (κ3) is 13.7. The van der Waals surface area contributed by atoms with Crippen LogP contribution < -0.4 is 0 Å². The van der Waals surface area contributed by atoms with Gasteiger partial charge in [-0.3, -0.25) is 0 Å². The second kappa shape index (κ2) is 10.7. The van der Waals surface area contributed by atoms with Crippen LogP contribution in [0.15, 0.2) is 0 Å². The van der Waals surface area contributed by atoms with E-state index in [2.05, 4.69) is 6.92 Å². The average molecular weight is 259 g/mol. The first-order chi connectivity index (χ1) is 4.77. The van der Waals surface area contributed by atoms with Crippen molar-refractivity contribution in [3.05, 3.63) is 0 Å². The fourth-order valence-corrected chi connectivity index (χ4v) is 1.34. The van der Waals surface area contributed by atoms with E-state index in [-0.39, 0.29) is 21.1 Å². The summed E-state index contributed by atoms with van der Waals surface area (Å²) >= 11 is 0. The molecular weight excluding hydrogens is 243 g/mol. The Bertz CT molecular complexity index is 98.4. The topological polar surface area (TPSA) is 37.3 Å². The van der Waals surface area contributed by atoms with Crippen LogP contribution in [0.1, 0.15) is 39.0 Å². The van der Waals surface area contributed by atoms with Crippen molar-refractivity contribution in [2.45, 2.75) is 39.0 Å². The normalized spacial score (nSPS) is 10.5. The maximum Gasteiger partial charge on any atom is 0.505 e. The molecule has 0 fully saturated rings. The second-order valence-corrected chi connectivity index (χ2v) is 3.64. The van der Waals surface area contributed by atoms with Gasteiger partial charge in [-0.05, 0) is 17.4 Å². The van der Waals surface area contributed by atoms with Crippen molar-refractivity contribution < 1.29 is 30.5 Å². The minimum Gasteiger partial charge on any atom is -0.161 e. The van der Waals surface area contributed by atoms with Gasteiger partial charge in [-0.1, -0.05) is 26.2 Å². The van der Waals surface area contributed by atoms with Crippen molar-refractivity contribution in [3.8, 4) is 0 Å². The van der Waals surface area contributed by atoms with E-state index in [1.54, 1.807) is 0 Å². The first-order valence-corrected chi connectivity index (χ1v) is 5.30. The summed E-state index contributed by atoms with van der Waals surface area (Å²) in [5.74, 6) is 0. The summed E-state index contributed by atoms with van der Waals surface area (Å²) in [5, 5.41) is 0. The fraction of sp³-hybridized carbons (Fsp3) is 1.00. The smallest absolute Gasteiger partial charge is 0.161 e. The third-order valence-electron chi connectivity index (χ3n) is 1.45. The molecule has 0 aromatic carbocycles. The summed E-state index contributed by atoms with van der Waals surface area (Å²) in [6, 6.07) is 0. The van der Waals surface area contributed by atoms with E-state index in [4.69, 9.17) is 4.89 Å². The van der Waals surface area contributed by atoms with Crippen LogP contribution in [0.4, 0.5) is 0 Å². The molecule has 0 bridgehead atoms. The van der Waals surface area contributed by atoms with Gasteiger partial charge in [0.15, 0.2) is 6.16 Å². The molecule has 2 nitrogen and oxygen atoms in total. The van der Waals surface area contributed by atoms with Gasteiger partial charge in [0.1, 0.15) is 0 Å². The van der Waals surface area contributed by atoms with Crippen LogP contribution in [0.5, 0.6) is 0 Å². The third-order valence-corrected chi connectivity index (χ3v) is 2.15. The first kappa shape index (κ1) is 14.3. The van der Waals surface area contributed by atoms with Gasteiger partial charge in [0.05, 0.1) is 0 Å². The van der Waals surface area contributed by atoms with Gasteiger partial charge < -0.3 is 0 Å². The van der Waals surface area contributed by atoms with Gasteiger partial charge >= 0.3 is 8.03 Å². The number of unbranched alkanes of at least 4 members (excludes halogenated alkanes) is 4. The van der Waals surface area contributed by atoms with E-state index in [0.29, 0.717) is 6.16 Å². The van der Waals surface area contributed by atoms with E-state index in [0.717, 1.165) is 12.8 Å². The number of hydrogen-bond donors (Lipinski definition) is 1. The molecule has 0 radical (unpaired) electrons. The molecule has 0 aliphatic heterocycles. The minimum atomic E-state index is -1.87. The predicted octanol–water partition coefficient (Wildman–Crippen LogP) is 2.69. The molecule has 1 N–H and O–H groups in total. The predicted molar refractivity (Wildman–Crippen MR) is 43.5 cm³/mol. The van der Waals surface area contributed by atoms with Crippen molar-refractivity contribution in [2.75, 3.05) is 6.16 Å². The molecule has 0 aromatic heterocycles. The van der Waals surface area contributed by atoms with Crippen LogP contribution in [0.2, 0.25) is 0 Å². The van der Waals surface area contributed by atoms with E-state index in [1.165, 1.54) is 19.3 Å². The summed E-state index contributed by atoms with van der Waals surface area (Å²) in [4.78, 5) is 8.42. The molecule has 66 valence electrons. The standard InChI is InChI=1S/C7H15O2P.Mo/c1-2-3-4-5-6-7-10(8)9;/h2-7H2,1H3;/p+1. The zero-order chi connectivity index (χ0) is 7.82. The molecule has 1 atom stereocenters. The molecule has 0 aromatic rings. The van der Waals surface area contributed by atoms with Gasteiger partial charge in [-0.25, -0.2) is 0 Å². The van der Waals surface area contributed by atoms with Crippen LogP contribution >= 0.6 is 8.03 Å². The van der Waals surface area contributed by atoms with Crippen molar-refractivity contribution in [1.82, 2.24) is 0 Å². The molecule has 0 saturated carbocycles. The van der Waals surface area contributed by atoms with Crippen LogP contribution in [-0.4, -0.2) is 11.1 Å². The van der Waals surface area contributed by atoms with Crippen LogP contribution in [0.25, 0.3) is 0 Å².